The van der Waals surface area contributed by atoms with E-state index < -0.39 is 0 Å². The number of nitrogens with one attached hydrogen (secondary N) is 1. The number of piperazine rings is 1. The molecule has 6 heteroatoms. The van der Waals surface area contributed by atoms with E-state index in [0.29, 0.717) is 6.54 Å². The molecule has 1 atom stereocenters. The summed E-state index contributed by atoms with van der Waals surface area (Å²) in [5.74, 6) is 0.198. The van der Waals surface area contributed by atoms with Crippen molar-refractivity contribution in [3.63, 3.8) is 0 Å². The van der Waals surface area contributed by atoms with Crippen molar-refractivity contribution in [2.45, 2.75) is 19.5 Å². The van der Waals surface area contributed by atoms with E-state index in [1.165, 1.54) is 16.7 Å². The largest absolute Gasteiger partial charge is 0.379 e. The quantitative estimate of drug-likeness (QED) is 0.688. The van der Waals surface area contributed by atoms with Crippen LogP contribution in [-0.4, -0.2) is 86.2 Å². The zero-order chi connectivity index (χ0) is 22.2. The van der Waals surface area contributed by atoms with Gasteiger partial charge in [0.25, 0.3) is 0 Å². The van der Waals surface area contributed by atoms with Crippen molar-refractivity contribution in [2.75, 3.05) is 65.6 Å². The summed E-state index contributed by atoms with van der Waals surface area (Å²) < 4.78 is 5.49. The summed E-state index contributed by atoms with van der Waals surface area (Å²) in [6.45, 7) is 11.3. The Morgan fingerprint density at radius 2 is 1.59 bits per heavy atom. The lowest BCUT2D eigenvalue weighted by Gasteiger charge is -2.36. The van der Waals surface area contributed by atoms with Crippen LogP contribution in [0.2, 0.25) is 0 Å². The molecule has 0 aromatic heterocycles. The zero-order valence-electron chi connectivity index (χ0n) is 19.2. The summed E-state index contributed by atoms with van der Waals surface area (Å²) >= 11 is 0. The molecule has 2 heterocycles. The van der Waals surface area contributed by atoms with Gasteiger partial charge in [0.1, 0.15) is 0 Å². The first-order chi connectivity index (χ1) is 15.7. The number of nitrogens with zero attached hydrogens (tertiary/aromatic N) is 3. The number of morpholine rings is 1. The second-order valence-electron chi connectivity index (χ2n) is 8.84. The van der Waals surface area contributed by atoms with Crippen LogP contribution in [0.15, 0.2) is 54.6 Å². The van der Waals surface area contributed by atoms with Crippen LogP contribution >= 0.6 is 0 Å². The molecule has 0 aliphatic carbocycles. The van der Waals surface area contributed by atoms with E-state index >= 15 is 0 Å². The number of rotatable bonds is 8. The number of ether oxygens (including phenoxy) is 1. The number of hydrogen-bond donors (Lipinski definition) is 1. The molecular weight excluding hydrogens is 400 g/mol. The molecular formula is C26H36N4O2. The maximum atomic E-state index is 13.0. The third-order valence-corrected chi connectivity index (χ3v) is 6.63. The normalized spacial score (nSPS) is 19.1. The van der Waals surface area contributed by atoms with Crippen LogP contribution in [0, 0.1) is 6.92 Å². The van der Waals surface area contributed by atoms with Crippen molar-refractivity contribution in [3.05, 3.63) is 71.3 Å². The van der Waals surface area contributed by atoms with Crippen molar-refractivity contribution in [3.8, 4) is 0 Å². The van der Waals surface area contributed by atoms with E-state index in [1.54, 1.807) is 0 Å². The molecule has 0 radical (unpaired) electrons. The maximum absolute atomic E-state index is 13.0. The van der Waals surface area contributed by atoms with Gasteiger partial charge in [0.15, 0.2) is 0 Å². The van der Waals surface area contributed by atoms with E-state index in [4.69, 9.17) is 4.74 Å². The minimum absolute atomic E-state index is 0.139. The van der Waals surface area contributed by atoms with Crippen molar-refractivity contribution < 1.29 is 9.53 Å². The third kappa shape index (κ3) is 6.39. The first-order valence-electron chi connectivity index (χ1n) is 11.8. The Balaban J connectivity index is 1.27. The maximum Gasteiger partial charge on any atom is 0.236 e. The Morgan fingerprint density at radius 3 is 2.31 bits per heavy atom. The van der Waals surface area contributed by atoms with Gasteiger partial charge in [0.2, 0.25) is 5.91 Å². The number of carbonyl (C=O) groups excluding carboxylic acids is 1. The fourth-order valence-electron chi connectivity index (χ4n) is 4.52. The third-order valence-electron chi connectivity index (χ3n) is 6.63. The van der Waals surface area contributed by atoms with Crippen molar-refractivity contribution in [1.82, 2.24) is 20.0 Å². The van der Waals surface area contributed by atoms with Crippen LogP contribution < -0.4 is 5.32 Å². The molecule has 2 saturated heterocycles. The Kier molecular flexibility index (Phi) is 8.29. The number of hydrogen-bond acceptors (Lipinski definition) is 5. The molecule has 1 N–H and O–H groups in total. The summed E-state index contributed by atoms with van der Waals surface area (Å²) in [7, 11) is 0. The van der Waals surface area contributed by atoms with Gasteiger partial charge in [0, 0.05) is 58.4 Å². The Hall–Kier alpha value is -2.25. The first-order valence-corrected chi connectivity index (χ1v) is 11.8. The Bertz CT molecular complexity index is 846. The molecule has 0 bridgehead atoms. The predicted octanol–water partition coefficient (Wildman–Crippen LogP) is 2.30. The van der Waals surface area contributed by atoms with Crippen molar-refractivity contribution >= 4 is 5.91 Å². The highest BCUT2D eigenvalue weighted by Crippen LogP contribution is 2.16. The molecule has 1 unspecified atom stereocenters. The van der Waals surface area contributed by atoms with Gasteiger partial charge in [-0.2, -0.15) is 0 Å². The molecule has 0 saturated carbocycles. The summed E-state index contributed by atoms with van der Waals surface area (Å²) in [5.41, 5.74) is 3.94. The van der Waals surface area contributed by atoms with Crippen molar-refractivity contribution in [1.29, 1.82) is 0 Å². The second-order valence-corrected chi connectivity index (χ2v) is 8.84. The van der Waals surface area contributed by atoms with Gasteiger partial charge in [-0.25, -0.2) is 0 Å². The highest BCUT2D eigenvalue weighted by molar-refractivity contribution is 5.78. The fraction of sp³-hybridized carbons (Fsp3) is 0.500. The molecule has 2 fully saturated rings. The number of aryl methyl sites for hydroxylation is 1. The van der Waals surface area contributed by atoms with Gasteiger partial charge in [-0.15, -0.1) is 0 Å². The van der Waals surface area contributed by atoms with E-state index in [1.807, 2.05) is 11.0 Å². The van der Waals surface area contributed by atoms with E-state index in [9.17, 15) is 4.79 Å². The predicted molar refractivity (Wildman–Crippen MR) is 127 cm³/mol. The smallest absolute Gasteiger partial charge is 0.236 e. The van der Waals surface area contributed by atoms with Gasteiger partial charge in [-0.05, 0) is 23.6 Å². The summed E-state index contributed by atoms with van der Waals surface area (Å²) in [4.78, 5) is 19.8. The van der Waals surface area contributed by atoms with Gasteiger partial charge in [0.05, 0.1) is 19.8 Å². The molecule has 2 aliphatic rings. The standard InChI is InChI=1S/C26H36N4O2/c1-22-7-5-6-10-24(22)20-28-11-13-30(14-12-28)26(31)19-27-25(23-8-3-2-4-9-23)21-29-15-17-32-18-16-29/h2-10,25,27H,11-21H2,1H3. The number of carbonyl (C=O) groups is 1. The minimum Gasteiger partial charge on any atom is -0.379 e. The SMILES string of the molecule is Cc1ccccc1CN1CCN(C(=O)CNC(CN2CCOCC2)c2ccccc2)CC1. The molecule has 2 aliphatic heterocycles. The van der Waals surface area contributed by atoms with Gasteiger partial charge in [-0.3, -0.25) is 14.6 Å². The van der Waals surface area contributed by atoms with Crippen LogP contribution in [-0.2, 0) is 16.1 Å². The fourth-order valence-corrected chi connectivity index (χ4v) is 4.52. The average Bonchev–Trinajstić information content (AvgIpc) is 2.84. The summed E-state index contributed by atoms with van der Waals surface area (Å²) in [6, 6.07) is 19.2. The first kappa shape index (κ1) is 22.9. The van der Waals surface area contributed by atoms with Crippen LogP contribution in [0.25, 0.3) is 0 Å². The van der Waals surface area contributed by atoms with E-state index in [0.717, 1.165) is 65.6 Å². The number of amides is 1. The topological polar surface area (TPSA) is 48.0 Å². The highest BCUT2D eigenvalue weighted by atomic mass is 16.5. The monoisotopic (exact) mass is 436 g/mol. The lowest BCUT2D eigenvalue weighted by Crippen LogP contribution is -2.51. The van der Waals surface area contributed by atoms with Crippen LogP contribution in [0.4, 0.5) is 0 Å². The molecule has 2 aromatic carbocycles. The number of benzene rings is 2. The van der Waals surface area contributed by atoms with Crippen LogP contribution in [0.5, 0.6) is 0 Å². The molecule has 4 rings (SSSR count). The molecule has 2 aromatic rings. The van der Waals surface area contributed by atoms with Crippen molar-refractivity contribution in [2.24, 2.45) is 0 Å². The van der Waals surface area contributed by atoms with Gasteiger partial charge in [-0.1, -0.05) is 54.6 Å². The molecule has 32 heavy (non-hydrogen) atoms. The second kappa shape index (κ2) is 11.6. The van der Waals surface area contributed by atoms with Gasteiger partial charge < -0.3 is 15.0 Å². The molecule has 0 spiro atoms. The average molecular weight is 437 g/mol. The van der Waals surface area contributed by atoms with Crippen LogP contribution in [0.1, 0.15) is 22.7 Å². The lowest BCUT2D eigenvalue weighted by atomic mass is 10.1. The lowest BCUT2D eigenvalue weighted by molar-refractivity contribution is -0.132. The Morgan fingerprint density at radius 1 is 0.906 bits per heavy atom. The van der Waals surface area contributed by atoms with E-state index in [-0.39, 0.29) is 11.9 Å². The summed E-state index contributed by atoms with van der Waals surface area (Å²) in [5, 5.41) is 3.55. The zero-order valence-corrected chi connectivity index (χ0v) is 19.2. The minimum atomic E-state index is 0.139. The summed E-state index contributed by atoms with van der Waals surface area (Å²) in [6.07, 6.45) is 0. The van der Waals surface area contributed by atoms with Gasteiger partial charge >= 0.3 is 0 Å². The molecule has 1 amide bonds. The van der Waals surface area contributed by atoms with E-state index in [2.05, 4.69) is 70.6 Å². The van der Waals surface area contributed by atoms with Crippen LogP contribution in [0.3, 0.4) is 0 Å². The highest BCUT2D eigenvalue weighted by Gasteiger charge is 2.23. The Labute approximate surface area is 192 Å². The molecule has 6 nitrogen and oxygen atoms in total. The molecule has 172 valence electrons.